The molecule has 1 aliphatic rings. The van der Waals surface area contributed by atoms with Crippen LogP contribution in [0, 0.1) is 0 Å². The summed E-state index contributed by atoms with van der Waals surface area (Å²) < 4.78 is 0. The largest absolute Gasteiger partial charge is 0.348 e. The van der Waals surface area contributed by atoms with E-state index in [1.54, 1.807) is 6.07 Å². The second kappa shape index (κ2) is 7.73. The maximum atomic E-state index is 11.9. The summed E-state index contributed by atoms with van der Waals surface area (Å²) >= 11 is 0. The van der Waals surface area contributed by atoms with Gasteiger partial charge in [0, 0.05) is 57.8 Å². The molecule has 1 fully saturated rings. The summed E-state index contributed by atoms with van der Waals surface area (Å²) in [7, 11) is 5.86. The molecule has 4 rings (SSSR count). The van der Waals surface area contributed by atoms with Crippen molar-refractivity contribution in [3.63, 3.8) is 0 Å². The van der Waals surface area contributed by atoms with Crippen molar-refractivity contribution in [3.8, 4) is 0 Å². The lowest BCUT2D eigenvalue weighted by Crippen LogP contribution is -2.34. The quantitative estimate of drug-likeness (QED) is 0.672. The first kappa shape index (κ1) is 18.6. The van der Waals surface area contributed by atoms with E-state index in [-0.39, 0.29) is 5.56 Å². The van der Waals surface area contributed by atoms with Crippen LogP contribution in [0.2, 0.25) is 0 Å². The van der Waals surface area contributed by atoms with Crippen LogP contribution >= 0.6 is 0 Å². The highest BCUT2D eigenvalue weighted by Gasteiger charge is 2.26. The van der Waals surface area contributed by atoms with Gasteiger partial charge >= 0.3 is 0 Å². The van der Waals surface area contributed by atoms with Gasteiger partial charge in [0.2, 0.25) is 5.95 Å². The summed E-state index contributed by atoms with van der Waals surface area (Å²) in [6.07, 6.45) is 2.98. The molecule has 0 amide bonds. The number of aromatic amines is 2. The van der Waals surface area contributed by atoms with Crippen molar-refractivity contribution in [2.45, 2.75) is 25.6 Å². The Labute approximate surface area is 164 Å². The molecule has 28 heavy (non-hydrogen) atoms. The van der Waals surface area contributed by atoms with Crippen LogP contribution in [-0.4, -0.2) is 70.2 Å². The van der Waals surface area contributed by atoms with Gasteiger partial charge in [-0.25, -0.2) is 4.98 Å². The third-order valence-electron chi connectivity index (χ3n) is 5.44. The van der Waals surface area contributed by atoms with Gasteiger partial charge in [-0.2, -0.15) is 5.10 Å². The van der Waals surface area contributed by atoms with Crippen LogP contribution in [0.15, 0.2) is 35.3 Å². The lowest BCUT2D eigenvalue weighted by atomic mass is 10.1. The van der Waals surface area contributed by atoms with Crippen LogP contribution in [0.4, 0.5) is 5.95 Å². The number of rotatable bonds is 6. The molecule has 8 heteroatoms. The number of fused-ring (bicyclic) bond motifs is 1. The van der Waals surface area contributed by atoms with Crippen LogP contribution in [-0.2, 0) is 13.1 Å². The third-order valence-corrected chi connectivity index (χ3v) is 5.44. The summed E-state index contributed by atoms with van der Waals surface area (Å²) in [5.74, 6) is 0.594. The smallest absolute Gasteiger partial charge is 0.252 e. The summed E-state index contributed by atoms with van der Waals surface area (Å²) in [6.45, 7) is 3.65. The van der Waals surface area contributed by atoms with E-state index in [4.69, 9.17) is 0 Å². The number of likely N-dealkylation sites (N-methyl/N-ethyl adjacent to an activating group) is 1. The lowest BCUT2D eigenvalue weighted by molar-refractivity contribution is 0.221. The minimum atomic E-state index is -0.109. The van der Waals surface area contributed by atoms with E-state index in [1.807, 2.05) is 25.2 Å². The van der Waals surface area contributed by atoms with Crippen molar-refractivity contribution >= 4 is 16.9 Å². The number of nitrogens with one attached hydrogen (secondary N) is 2. The van der Waals surface area contributed by atoms with Gasteiger partial charge in [-0.1, -0.05) is 18.2 Å². The number of benzene rings is 1. The molecular formula is C20H27N7O. The fraction of sp³-hybridized carbons (Fsp3) is 0.450. The first-order chi connectivity index (χ1) is 13.5. The van der Waals surface area contributed by atoms with Gasteiger partial charge in [-0.3, -0.25) is 24.7 Å². The standard InChI is InChI=1S/C20H27N7O/c1-25(2)20-22-16(9-18(28)23-20)12-26(3)17-7-8-27(13-17)11-15-6-4-5-14-10-21-24-19(14)15/h4-6,9-10,17H,7-8,11-13H2,1-3H3,(H,21,24)(H,22,23,28). The maximum absolute atomic E-state index is 11.9. The molecule has 3 heterocycles. The third kappa shape index (κ3) is 3.93. The van der Waals surface area contributed by atoms with E-state index in [0.717, 1.165) is 42.7 Å². The number of aromatic nitrogens is 4. The van der Waals surface area contributed by atoms with Crippen LogP contribution in [0.1, 0.15) is 17.7 Å². The normalized spacial score (nSPS) is 17.6. The summed E-state index contributed by atoms with van der Waals surface area (Å²) in [6, 6.07) is 8.38. The van der Waals surface area contributed by atoms with Crippen molar-refractivity contribution in [2.24, 2.45) is 0 Å². The second-order valence-electron chi connectivity index (χ2n) is 7.80. The number of H-pyrrole nitrogens is 2. The SMILES string of the molecule is CN(C)c1nc(CN(C)C2CCN(Cc3cccc4cn[nH]c34)C2)cc(=O)[nH]1. The van der Waals surface area contributed by atoms with Crippen LogP contribution in [0.25, 0.3) is 10.9 Å². The van der Waals surface area contributed by atoms with Crippen molar-refractivity contribution < 1.29 is 0 Å². The van der Waals surface area contributed by atoms with Gasteiger partial charge in [-0.15, -0.1) is 0 Å². The molecule has 0 spiro atoms. The van der Waals surface area contributed by atoms with Crippen molar-refractivity contribution in [2.75, 3.05) is 39.1 Å². The zero-order chi connectivity index (χ0) is 19.7. The number of nitrogens with zero attached hydrogens (tertiary/aromatic N) is 5. The predicted molar refractivity (Wildman–Crippen MR) is 110 cm³/mol. The molecule has 3 aromatic rings. The lowest BCUT2D eigenvalue weighted by Gasteiger charge is -2.25. The maximum Gasteiger partial charge on any atom is 0.252 e. The number of likely N-dealkylation sites (tertiary alicyclic amines) is 1. The van der Waals surface area contributed by atoms with Gasteiger partial charge in [0.25, 0.3) is 5.56 Å². The van der Waals surface area contributed by atoms with Gasteiger partial charge in [-0.05, 0) is 19.0 Å². The van der Waals surface area contributed by atoms with E-state index in [0.29, 0.717) is 18.5 Å². The zero-order valence-corrected chi connectivity index (χ0v) is 16.6. The Balaban J connectivity index is 1.40. The van der Waals surface area contributed by atoms with Crippen LogP contribution < -0.4 is 10.5 Å². The molecule has 8 nitrogen and oxygen atoms in total. The Morgan fingerprint density at radius 2 is 2.14 bits per heavy atom. The second-order valence-corrected chi connectivity index (χ2v) is 7.80. The zero-order valence-electron chi connectivity index (χ0n) is 16.6. The molecule has 2 N–H and O–H groups in total. The fourth-order valence-corrected chi connectivity index (χ4v) is 3.89. The number of para-hydroxylation sites is 1. The van der Waals surface area contributed by atoms with E-state index in [9.17, 15) is 4.79 Å². The number of hydrogen-bond acceptors (Lipinski definition) is 6. The Morgan fingerprint density at radius 1 is 1.29 bits per heavy atom. The highest BCUT2D eigenvalue weighted by atomic mass is 16.1. The minimum Gasteiger partial charge on any atom is -0.348 e. The highest BCUT2D eigenvalue weighted by Crippen LogP contribution is 2.22. The molecule has 0 radical (unpaired) electrons. The van der Waals surface area contributed by atoms with Crippen LogP contribution in [0.5, 0.6) is 0 Å². The van der Waals surface area contributed by atoms with E-state index in [1.165, 1.54) is 5.56 Å². The molecule has 0 aliphatic carbocycles. The first-order valence-electron chi connectivity index (χ1n) is 9.61. The van der Waals surface area contributed by atoms with E-state index in [2.05, 4.69) is 55.2 Å². The Kier molecular flexibility index (Phi) is 5.15. The molecule has 1 atom stereocenters. The van der Waals surface area contributed by atoms with Gasteiger partial charge in [0.15, 0.2) is 0 Å². The molecular weight excluding hydrogens is 354 g/mol. The van der Waals surface area contributed by atoms with Gasteiger partial charge in [0.05, 0.1) is 17.4 Å². The summed E-state index contributed by atoms with van der Waals surface area (Å²) in [5, 5.41) is 8.43. The molecule has 1 aliphatic heterocycles. The average Bonchev–Trinajstić information content (AvgIpc) is 3.31. The topological polar surface area (TPSA) is 84.2 Å². The van der Waals surface area contributed by atoms with E-state index >= 15 is 0 Å². The Hall–Kier alpha value is -2.71. The number of hydrogen-bond donors (Lipinski definition) is 2. The number of anilines is 1. The molecule has 1 unspecified atom stereocenters. The monoisotopic (exact) mass is 381 g/mol. The van der Waals surface area contributed by atoms with Crippen molar-refractivity contribution in [1.29, 1.82) is 0 Å². The van der Waals surface area contributed by atoms with E-state index < -0.39 is 0 Å². The fourth-order valence-electron chi connectivity index (χ4n) is 3.89. The Morgan fingerprint density at radius 3 is 2.96 bits per heavy atom. The molecule has 0 bridgehead atoms. The summed E-state index contributed by atoms with van der Waals surface area (Å²) in [5.41, 5.74) is 3.10. The molecule has 1 saturated heterocycles. The minimum absolute atomic E-state index is 0.109. The highest BCUT2D eigenvalue weighted by molar-refractivity contribution is 5.81. The molecule has 0 saturated carbocycles. The molecule has 1 aromatic carbocycles. The van der Waals surface area contributed by atoms with Crippen molar-refractivity contribution in [1.82, 2.24) is 30.0 Å². The van der Waals surface area contributed by atoms with Gasteiger partial charge < -0.3 is 4.90 Å². The summed E-state index contributed by atoms with van der Waals surface area (Å²) in [4.78, 5) is 25.8. The molecule has 2 aromatic heterocycles. The molecule has 148 valence electrons. The van der Waals surface area contributed by atoms with Gasteiger partial charge in [0.1, 0.15) is 0 Å². The van der Waals surface area contributed by atoms with Crippen LogP contribution in [0.3, 0.4) is 0 Å². The first-order valence-corrected chi connectivity index (χ1v) is 9.61. The predicted octanol–water partition coefficient (Wildman–Crippen LogP) is 1.42. The average molecular weight is 381 g/mol. The Bertz CT molecular complexity index is 1010. The van der Waals surface area contributed by atoms with Crippen molar-refractivity contribution in [3.05, 3.63) is 52.1 Å².